The minimum atomic E-state index is -0.302. The molecule has 1 rings (SSSR count). The third-order valence-electron chi connectivity index (χ3n) is 2.62. The van der Waals surface area contributed by atoms with Gasteiger partial charge in [0.1, 0.15) is 0 Å². The van der Waals surface area contributed by atoms with Crippen LogP contribution >= 0.6 is 11.3 Å². The van der Waals surface area contributed by atoms with E-state index in [4.69, 9.17) is 4.74 Å². The molecule has 1 heterocycles. The number of methoxy groups -OCH3 is 1. The Labute approximate surface area is 108 Å². The lowest BCUT2D eigenvalue weighted by Gasteiger charge is -2.14. The summed E-state index contributed by atoms with van der Waals surface area (Å²) < 4.78 is 4.97. The van der Waals surface area contributed by atoms with Gasteiger partial charge in [0.05, 0.1) is 16.8 Å². The smallest absolute Gasteiger partial charge is 0.0954 e. The molecule has 1 aromatic heterocycles. The van der Waals surface area contributed by atoms with Crippen LogP contribution in [0.25, 0.3) is 0 Å². The first-order chi connectivity index (χ1) is 7.93. The fraction of sp³-hybridized carbons (Fsp3) is 0.769. The van der Waals surface area contributed by atoms with Crippen molar-refractivity contribution in [2.24, 2.45) is 0 Å². The minimum Gasteiger partial charge on any atom is -0.393 e. The summed E-state index contributed by atoms with van der Waals surface area (Å²) >= 11 is 1.64. The van der Waals surface area contributed by atoms with Crippen molar-refractivity contribution in [2.75, 3.05) is 13.7 Å². The Morgan fingerprint density at radius 2 is 2.18 bits per heavy atom. The van der Waals surface area contributed by atoms with E-state index in [1.165, 1.54) is 0 Å². The van der Waals surface area contributed by atoms with Crippen molar-refractivity contribution in [1.82, 2.24) is 4.98 Å². The Hall–Kier alpha value is -0.450. The average molecular weight is 257 g/mol. The van der Waals surface area contributed by atoms with Crippen molar-refractivity contribution in [3.8, 4) is 0 Å². The van der Waals surface area contributed by atoms with Crippen LogP contribution in [0.1, 0.15) is 44.3 Å². The molecular formula is C13H23NO2S. The highest BCUT2D eigenvalue weighted by Crippen LogP contribution is 2.24. The molecule has 0 aliphatic heterocycles. The van der Waals surface area contributed by atoms with Crippen LogP contribution in [0.5, 0.6) is 0 Å². The van der Waals surface area contributed by atoms with E-state index in [-0.39, 0.29) is 11.5 Å². The quantitative estimate of drug-likeness (QED) is 0.797. The Kier molecular flexibility index (Phi) is 5.56. The highest BCUT2D eigenvalue weighted by Gasteiger charge is 2.18. The monoisotopic (exact) mass is 257 g/mol. The van der Waals surface area contributed by atoms with Gasteiger partial charge in [0.25, 0.3) is 0 Å². The van der Waals surface area contributed by atoms with Crippen LogP contribution in [0.3, 0.4) is 0 Å². The first-order valence-corrected chi connectivity index (χ1v) is 6.93. The molecule has 4 heteroatoms. The molecule has 0 aliphatic rings. The summed E-state index contributed by atoms with van der Waals surface area (Å²) in [7, 11) is 1.68. The highest BCUT2D eigenvalue weighted by molar-refractivity contribution is 7.09. The van der Waals surface area contributed by atoms with Crippen molar-refractivity contribution in [3.05, 3.63) is 16.1 Å². The molecule has 0 aromatic carbocycles. The van der Waals surface area contributed by atoms with Gasteiger partial charge in [-0.05, 0) is 12.8 Å². The van der Waals surface area contributed by atoms with Crippen LogP contribution in [-0.4, -0.2) is 29.9 Å². The number of nitrogens with zero attached hydrogens (tertiary/aromatic N) is 1. The predicted molar refractivity (Wildman–Crippen MR) is 71.6 cm³/mol. The number of ether oxygens (including phenoxy) is 1. The van der Waals surface area contributed by atoms with Gasteiger partial charge < -0.3 is 9.84 Å². The van der Waals surface area contributed by atoms with E-state index >= 15 is 0 Å². The van der Waals surface area contributed by atoms with Crippen molar-refractivity contribution < 1.29 is 9.84 Å². The lowest BCUT2D eigenvalue weighted by atomic mass is 9.93. The molecule has 17 heavy (non-hydrogen) atoms. The summed E-state index contributed by atoms with van der Waals surface area (Å²) in [4.78, 5) is 4.58. The van der Waals surface area contributed by atoms with E-state index in [0.29, 0.717) is 13.0 Å². The van der Waals surface area contributed by atoms with Crippen LogP contribution in [0.4, 0.5) is 0 Å². The summed E-state index contributed by atoms with van der Waals surface area (Å²) in [6.07, 6.45) is 2.03. The van der Waals surface area contributed by atoms with Crippen LogP contribution < -0.4 is 0 Å². The van der Waals surface area contributed by atoms with Gasteiger partial charge in [0.2, 0.25) is 0 Å². The van der Waals surface area contributed by atoms with Gasteiger partial charge >= 0.3 is 0 Å². The normalized spacial score (nSPS) is 13.9. The molecule has 1 aromatic rings. The molecule has 0 saturated carbocycles. The Morgan fingerprint density at radius 1 is 1.47 bits per heavy atom. The Balaban J connectivity index is 2.43. The van der Waals surface area contributed by atoms with Crippen LogP contribution in [0.2, 0.25) is 0 Å². The molecule has 0 radical (unpaired) electrons. The standard InChI is InChI=1S/C13H23NO2S/c1-13(2,3)11-9-17-12(14-11)8-10(15)6-5-7-16-4/h9-10,15H,5-8H2,1-4H3. The lowest BCUT2D eigenvalue weighted by Crippen LogP contribution is -2.14. The number of aromatic nitrogens is 1. The molecule has 0 bridgehead atoms. The topological polar surface area (TPSA) is 42.4 Å². The summed E-state index contributed by atoms with van der Waals surface area (Å²) in [5.41, 5.74) is 1.21. The summed E-state index contributed by atoms with van der Waals surface area (Å²) in [5, 5.41) is 13.0. The molecule has 3 nitrogen and oxygen atoms in total. The number of thiazole rings is 1. The van der Waals surface area contributed by atoms with Crippen molar-refractivity contribution in [1.29, 1.82) is 0 Å². The SMILES string of the molecule is COCCCC(O)Cc1nc(C(C)(C)C)cs1. The first kappa shape index (κ1) is 14.6. The predicted octanol–water partition coefficient (Wildman–Crippen LogP) is 2.77. The van der Waals surface area contributed by atoms with Gasteiger partial charge in [-0.25, -0.2) is 4.98 Å². The number of rotatable bonds is 6. The van der Waals surface area contributed by atoms with Gasteiger partial charge in [-0.3, -0.25) is 0 Å². The zero-order valence-electron chi connectivity index (χ0n) is 11.2. The third kappa shape index (κ3) is 5.15. The van der Waals surface area contributed by atoms with Crippen molar-refractivity contribution in [3.63, 3.8) is 0 Å². The van der Waals surface area contributed by atoms with Gasteiger partial charge in [-0.1, -0.05) is 20.8 Å². The fourth-order valence-corrected chi connectivity index (χ4v) is 2.61. The molecule has 0 spiro atoms. The Bertz CT molecular complexity index is 330. The van der Waals surface area contributed by atoms with Crippen LogP contribution in [0, 0.1) is 0 Å². The van der Waals surface area contributed by atoms with Crippen LogP contribution in [0.15, 0.2) is 5.38 Å². The molecule has 0 saturated heterocycles. The third-order valence-corrected chi connectivity index (χ3v) is 3.49. The molecule has 0 fully saturated rings. The number of aliphatic hydroxyl groups is 1. The maximum atomic E-state index is 9.85. The zero-order valence-corrected chi connectivity index (χ0v) is 12.0. The van der Waals surface area contributed by atoms with E-state index in [1.54, 1.807) is 18.4 Å². The van der Waals surface area contributed by atoms with Gasteiger partial charge in [0.15, 0.2) is 0 Å². The molecule has 0 amide bonds. The van der Waals surface area contributed by atoms with Gasteiger partial charge in [0, 0.05) is 30.9 Å². The summed E-state index contributed by atoms with van der Waals surface area (Å²) in [5.74, 6) is 0. The number of aliphatic hydroxyl groups excluding tert-OH is 1. The molecule has 98 valence electrons. The molecule has 1 atom stereocenters. The summed E-state index contributed by atoms with van der Waals surface area (Å²) in [6.45, 7) is 7.17. The largest absolute Gasteiger partial charge is 0.393 e. The van der Waals surface area contributed by atoms with E-state index in [0.717, 1.165) is 23.5 Å². The highest BCUT2D eigenvalue weighted by atomic mass is 32.1. The van der Waals surface area contributed by atoms with Crippen LogP contribution in [-0.2, 0) is 16.6 Å². The second kappa shape index (κ2) is 6.47. The first-order valence-electron chi connectivity index (χ1n) is 6.05. The Morgan fingerprint density at radius 3 is 2.71 bits per heavy atom. The van der Waals surface area contributed by atoms with Crippen molar-refractivity contribution >= 4 is 11.3 Å². The average Bonchev–Trinajstić information content (AvgIpc) is 2.66. The second-order valence-corrected chi connectivity index (χ2v) is 6.31. The minimum absolute atomic E-state index is 0.0930. The second-order valence-electron chi connectivity index (χ2n) is 5.37. The van der Waals surface area contributed by atoms with Gasteiger partial charge in [-0.2, -0.15) is 0 Å². The lowest BCUT2D eigenvalue weighted by molar-refractivity contribution is 0.135. The number of hydrogen-bond acceptors (Lipinski definition) is 4. The summed E-state index contributed by atoms with van der Waals surface area (Å²) in [6, 6.07) is 0. The van der Waals surface area contributed by atoms with Crippen molar-refractivity contribution in [2.45, 2.75) is 51.6 Å². The fourth-order valence-electron chi connectivity index (χ4n) is 1.52. The maximum absolute atomic E-state index is 9.85. The number of hydrogen-bond donors (Lipinski definition) is 1. The van der Waals surface area contributed by atoms with Gasteiger partial charge in [-0.15, -0.1) is 11.3 Å². The zero-order chi connectivity index (χ0) is 12.9. The molecule has 1 N–H and O–H groups in total. The van der Waals surface area contributed by atoms with E-state index in [9.17, 15) is 5.11 Å². The maximum Gasteiger partial charge on any atom is 0.0954 e. The van der Waals surface area contributed by atoms with E-state index in [1.807, 2.05) is 0 Å². The molecule has 0 aliphatic carbocycles. The molecular weight excluding hydrogens is 234 g/mol. The van der Waals surface area contributed by atoms with E-state index < -0.39 is 0 Å². The van der Waals surface area contributed by atoms with E-state index in [2.05, 4.69) is 31.1 Å². The molecule has 1 unspecified atom stereocenters.